The van der Waals surface area contributed by atoms with E-state index in [9.17, 15) is 23.2 Å². The van der Waals surface area contributed by atoms with Crippen molar-refractivity contribution < 1.29 is 18.0 Å². The second-order valence-corrected chi connectivity index (χ2v) is 12.4. The molecule has 0 saturated heterocycles. The van der Waals surface area contributed by atoms with Crippen LogP contribution in [0.3, 0.4) is 0 Å². The van der Waals surface area contributed by atoms with Crippen LogP contribution in [-0.2, 0) is 7.05 Å². The Bertz CT molecular complexity index is 1130. The Labute approximate surface area is 191 Å². The zero-order chi connectivity index (χ0) is 22.6. The highest BCUT2D eigenvalue weighted by Gasteiger charge is 2.29. The number of rotatable bonds is 3. The predicted molar refractivity (Wildman–Crippen MR) is 111 cm³/mol. The quantitative estimate of drug-likeness (QED) is 0.324. The monoisotopic (exact) mass is 507 g/mol. The van der Waals surface area contributed by atoms with Gasteiger partial charge in [0.25, 0.3) is 0 Å². The number of benzene rings is 2. The van der Waals surface area contributed by atoms with E-state index in [0.29, 0.717) is 0 Å². The van der Waals surface area contributed by atoms with E-state index in [1.807, 2.05) is 0 Å². The zero-order valence-corrected chi connectivity index (χ0v) is 19.1. The Morgan fingerprint density at radius 3 is 2.20 bits per heavy atom. The largest absolute Gasteiger partial charge is 0.643 e. The average Bonchev–Trinajstić information content (AvgIpc) is 2.97. The summed E-state index contributed by atoms with van der Waals surface area (Å²) in [5, 5.41) is 13.0. The highest BCUT2D eigenvalue weighted by Crippen LogP contribution is 2.33. The molecule has 0 radical (unpaired) electrons. The van der Waals surface area contributed by atoms with Gasteiger partial charge in [-0.3, -0.25) is 9.48 Å². The van der Waals surface area contributed by atoms with Crippen LogP contribution in [0, 0.1) is 28.8 Å². The summed E-state index contributed by atoms with van der Waals surface area (Å²) >= 11 is 4.20. The van der Waals surface area contributed by atoms with Crippen molar-refractivity contribution in [2.75, 3.05) is 0 Å². The number of ketones is 1. The van der Waals surface area contributed by atoms with E-state index in [1.165, 1.54) is 13.1 Å². The van der Waals surface area contributed by atoms with Crippen LogP contribution in [0.15, 0.2) is 36.4 Å². The minimum absolute atomic E-state index is 0.115. The molecule has 3 rings (SSSR count). The molecule has 4 nitrogen and oxygen atoms in total. The zero-order valence-electron chi connectivity index (χ0n) is 14.9. The van der Waals surface area contributed by atoms with Crippen LogP contribution in [0.4, 0.5) is 13.2 Å². The molecule has 1 heterocycles. The van der Waals surface area contributed by atoms with Crippen LogP contribution in [0.2, 0.25) is 5.02 Å². The number of aromatic nitrogens is 2. The van der Waals surface area contributed by atoms with Gasteiger partial charge in [0.05, 0.1) is 21.8 Å². The second-order valence-electron chi connectivity index (χ2n) is 5.61. The Morgan fingerprint density at radius 1 is 1.13 bits per heavy atom. The van der Waals surface area contributed by atoms with Crippen LogP contribution >= 0.6 is 41.7 Å². The molecule has 0 aliphatic rings. The van der Waals surface area contributed by atoms with Gasteiger partial charge in [-0.25, -0.2) is 43.3 Å². The maximum Gasteiger partial charge on any atom is 0.643 e. The summed E-state index contributed by atoms with van der Waals surface area (Å²) in [5.41, 5.74) is -1.45. The lowest BCUT2D eigenvalue weighted by atomic mass is 9.97. The number of nitriles is 1. The Balaban J connectivity index is 0.000000735. The average molecular weight is 509 g/mol. The number of aryl methyl sites for hydroxylation is 1. The summed E-state index contributed by atoms with van der Waals surface area (Å²) in [5.74, 6) is -3.29. The lowest BCUT2D eigenvalue weighted by Gasteiger charge is -2.09. The van der Waals surface area contributed by atoms with Gasteiger partial charge >= 0.3 is 11.4 Å². The third-order valence-corrected chi connectivity index (χ3v) is 4.07. The van der Waals surface area contributed by atoms with Gasteiger partial charge < -0.3 is 0 Å². The number of nitrogens with zero attached hydrogens (tertiary/aromatic N) is 3. The van der Waals surface area contributed by atoms with Crippen molar-refractivity contribution in [2.45, 2.75) is 0 Å². The number of hydrogen-bond donors (Lipinski definition) is 0. The van der Waals surface area contributed by atoms with Gasteiger partial charge in [-0.2, -0.15) is 10.4 Å². The molecular weight excluding hydrogens is 500 g/mol. The summed E-state index contributed by atoms with van der Waals surface area (Å²) in [4.78, 5) is 12.9. The van der Waals surface area contributed by atoms with Gasteiger partial charge in [-0.15, -0.1) is 0 Å². The Hall–Kier alpha value is -1.71. The molecule has 0 saturated carbocycles. The Kier molecular flexibility index (Phi) is 8.64. The molecule has 0 unspecified atom stereocenters. The van der Waals surface area contributed by atoms with E-state index in [2.05, 4.69) is 5.10 Å². The first-order valence-electron chi connectivity index (χ1n) is 7.91. The van der Waals surface area contributed by atoms with Gasteiger partial charge in [0, 0.05) is 12.6 Å². The molecule has 0 aliphatic carbocycles. The summed E-state index contributed by atoms with van der Waals surface area (Å²) in [7, 11) is 16.2. The van der Waals surface area contributed by atoms with Crippen molar-refractivity contribution in [1.82, 2.24) is 9.78 Å². The molecular formula is C18H9AlCl4F3N3O. The second kappa shape index (κ2) is 10.5. The molecule has 3 aromatic rings. The van der Waals surface area contributed by atoms with Crippen molar-refractivity contribution in [3.8, 4) is 17.3 Å². The minimum Gasteiger partial charge on any atom is -0.288 e. The summed E-state index contributed by atoms with van der Waals surface area (Å²) in [6, 6.07) is 8.04. The lowest BCUT2D eigenvalue weighted by molar-refractivity contribution is 0.103. The molecule has 0 fully saturated rings. The normalized spacial score (nSPS) is 10.1. The molecule has 0 bridgehead atoms. The topological polar surface area (TPSA) is 58.7 Å². The third-order valence-electron chi connectivity index (χ3n) is 3.76. The van der Waals surface area contributed by atoms with Gasteiger partial charge in [0.2, 0.25) is 0 Å². The van der Waals surface area contributed by atoms with Crippen LogP contribution in [0.5, 0.6) is 0 Å². The molecule has 0 N–H and O–H groups in total. The fourth-order valence-corrected chi connectivity index (χ4v) is 2.89. The minimum atomic E-state index is -1.72. The van der Waals surface area contributed by atoms with E-state index in [1.54, 1.807) is 6.07 Å². The van der Waals surface area contributed by atoms with E-state index in [0.717, 1.165) is 35.0 Å². The lowest BCUT2D eigenvalue weighted by Crippen LogP contribution is -2.08. The number of carbonyl (C=O) groups excluding carboxylic acids is 1. The molecule has 154 valence electrons. The van der Waals surface area contributed by atoms with E-state index < -0.39 is 40.2 Å². The first-order chi connectivity index (χ1) is 14.1. The van der Waals surface area contributed by atoms with Gasteiger partial charge in [0.1, 0.15) is 23.5 Å². The van der Waals surface area contributed by atoms with Crippen molar-refractivity contribution in [3.05, 3.63) is 75.7 Å². The van der Waals surface area contributed by atoms with Crippen molar-refractivity contribution >= 4 is 58.9 Å². The van der Waals surface area contributed by atoms with Gasteiger partial charge in [-0.1, -0.05) is 17.7 Å². The summed E-state index contributed by atoms with van der Waals surface area (Å²) < 4.78 is 42.8. The molecule has 12 heteroatoms. The van der Waals surface area contributed by atoms with E-state index in [-0.39, 0.29) is 27.5 Å². The number of halogens is 7. The van der Waals surface area contributed by atoms with E-state index in [4.69, 9.17) is 41.7 Å². The first-order valence-corrected chi connectivity index (χ1v) is 13.5. The molecule has 1 aromatic heterocycles. The smallest absolute Gasteiger partial charge is 0.288 e. The SMILES string of the molecule is Cn1nc(C#N)c(C(=O)c2ccc(F)cc2Cl)c1-c1c(F)cccc1F.[Cl][Al]([Cl])[Cl]. The van der Waals surface area contributed by atoms with Crippen molar-refractivity contribution in [1.29, 1.82) is 5.26 Å². The third kappa shape index (κ3) is 5.50. The summed E-state index contributed by atoms with van der Waals surface area (Å²) in [6.07, 6.45) is 0. The van der Waals surface area contributed by atoms with Crippen LogP contribution in [0.25, 0.3) is 11.3 Å². The predicted octanol–water partition coefficient (Wildman–Crippen LogP) is 5.95. The highest BCUT2D eigenvalue weighted by molar-refractivity contribution is 7.54. The number of hydrogen-bond acceptors (Lipinski definition) is 3. The maximum absolute atomic E-state index is 14.3. The van der Waals surface area contributed by atoms with Gasteiger partial charge in [-0.05, 0) is 30.3 Å². The first kappa shape index (κ1) is 24.6. The maximum atomic E-state index is 14.3. The Morgan fingerprint density at radius 2 is 1.70 bits per heavy atom. The molecule has 0 aliphatic heterocycles. The molecule has 2 aromatic carbocycles. The standard InChI is InChI=1S/C18H9ClF3N3O.Al.3ClH/c1-25-17(15-12(21)3-2-4-13(15)22)16(14(8-23)24-25)18(26)10-6-5-9(20)7-11(10)19;;;;/h2-7H,1H3;;3*1H/q;+3;;;/p-3. The molecule has 30 heavy (non-hydrogen) atoms. The van der Waals surface area contributed by atoms with Crippen LogP contribution < -0.4 is 0 Å². The number of carbonyl (C=O) groups is 1. The molecule has 0 atom stereocenters. The van der Waals surface area contributed by atoms with Crippen molar-refractivity contribution in [2.24, 2.45) is 7.05 Å². The fourth-order valence-electron chi connectivity index (χ4n) is 2.64. The highest BCUT2D eigenvalue weighted by atomic mass is 35.8. The summed E-state index contributed by atoms with van der Waals surface area (Å²) in [6.45, 7) is 0. The fraction of sp³-hybridized carbons (Fsp3) is 0.0556. The molecule has 0 amide bonds. The van der Waals surface area contributed by atoms with Crippen LogP contribution in [0.1, 0.15) is 21.6 Å². The molecule has 0 spiro atoms. The van der Waals surface area contributed by atoms with Gasteiger partial charge in [0.15, 0.2) is 11.5 Å². The van der Waals surface area contributed by atoms with Crippen molar-refractivity contribution in [3.63, 3.8) is 0 Å². The van der Waals surface area contributed by atoms with Crippen LogP contribution in [-0.4, -0.2) is 26.9 Å². The van der Waals surface area contributed by atoms with E-state index >= 15 is 0 Å².